The molecule has 0 aliphatic carbocycles. The van der Waals surface area contributed by atoms with Crippen molar-refractivity contribution in [1.82, 2.24) is 20.0 Å². The van der Waals surface area contributed by atoms with Gasteiger partial charge in [-0.1, -0.05) is 48.5 Å². The van der Waals surface area contributed by atoms with E-state index in [0.717, 1.165) is 28.3 Å². The topological polar surface area (TPSA) is 59.4 Å². The summed E-state index contributed by atoms with van der Waals surface area (Å²) < 4.78 is 7.57. The molecule has 2 aromatic carbocycles. The lowest BCUT2D eigenvalue weighted by atomic mass is 10.2. The van der Waals surface area contributed by atoms with Crippen LogP contribution < -0.4 is 10.1 Å². The Morgan fingerprint density at radius 1 is 1.03 bits per heavy atom. The Balaban J connectivity index is 1.43. The van der Waals surface area contributed by atoms with E-state index < -0.39 is 0 Å². The highest BCUT2D eigenvalue weighted by molar-refractivity contribution is 7.13. The average Bonchev–Trinajstić information content (AvgIpc) is 3.49. The first-order valence-electron chi connectivity index (χ1n) is 10.9. The van der Waals surface area contributed by atoms with Gasteiger partial charge in [0.05, 0.1) is 17.0 Å². The van der Waals surface area contributed by atoms with Crippen molar-refractivity contribution in [3.63, 3.8) is 0 Å². The monoisotopic (exact) mass is 460 g/mol. The molecule has 0 bridgehead atoms. The number of rotatable bonds is 10. The number of benzene rings is 2. The van der Waals surface area contributed by atoms with Gasteiger partial charge in [0, 0.05) is 19.3 Å². The largest absolute Gasteiger partial charge is 0.492 e. The minimum atomic E-state index is -0.135. The van der Waals surface area contributed by atoms with Gasteiger partial charge >= 0.3 is 0 Å². The molecule has 33 heavy (non-hydrogen) atoms. The van der Waals surface area contributed by atoms with Crippen molar-refractivity contribution in [3.05, 3.63) is 95.0 Å². The Morgan fingerprint density at radius 3 is 2.52 bits per heavy atom. The van der Waals surface area contributed by atoms with Crippen LogP contribution in [0.1, 0.15) is 21.5 Å². The van der Waals surface area contributed by atoms with Crippen LogP contribution in [0, 0.1) is 0 Å². The maximum absolute atomic E-state index is 13.1. The number of aromatic nitrogens is 2. The minimum Gasteiger partial charge on any atom is -0.492 e. The molecular formula is C26H28N4O2S. The summed E-state index contributed by atoms with van der Waals surface area (Å²) in [5.74, 6) is 0.693. The Hall–Kier alpha value is -3.42. The number of nitrogens with zero attached hydrogens (tertiary/aromatic N) is 3. The van der Waals surface area contributed by atoms with Gasteiger partial charge in [-0.3, -0.25) is 9.48 Å². The number of likely N-dealkylation sites (N-methyl/N-ethyl adjacent to an activating group) is 1. The summed E-state index contributed by atoms with van der Waals surface area (Å²) in [5.41, 5.74) is 3.44. The first-order chi connectivity index (χ1) is 16.1. The fraction of sp³-hybridized carbons (Fsp3) is 0.231. The van der Waals surface area contributed by atoms with Crippen LogP contribution in [-0.2, 0) is 13.1 Å². The molecule has 0 fully saturated rings. The SMILES string of the molecule is CN(C)CCOc1ccc(CNC(=O)c2cn(Cc3ccccc3)nc2-c2cccs2)cc1. The molecule has 0 saturated heterocycles. The van der Waals surface area contributed by atoms with Gasteiger partial charge < -0.3 is 15.0 Å². The molecule has 4 aromatic rings. The smallest absolute Gasteiger partial charge is 0.255 e. The number of thiophene rings is 1. The van der Waals surface area contributed by atoms with Gasteiger partial charge in [-0.25, -0.2) is 0 Å². The van der Waals surface area contributed by atoms with Crippen molar-refractivity contribution >= 4 is 17.2 Å². The summed E-state index contributed by atoms with van der Waals surface area (Å²) in [6.07, 6.45) is 1.83. The van der Waals surface area contributed by atoms with Gasteiger partial charge in [0.25, 0.3) is 5.91 Å². The predicted octanol–water partition coefficient (Wildman–Crippen LogP) is 4.53. The summed E-state index contributed by atoms with van der Waals surface area (Å²) in [6, 6.07) is 21.9. The van der Waals surface area contributed by atoms with Crippen molar-refractivity contribution in [2.75, 3.05) is 27.2 Å². The zero-order chi connectivity index (χ0) is 23.0. The molecule has 2 aromatic heterocycles. The van der Waals surface area contributed by atoms with E-state index in [1.165, 1.54) is 0 Å². The highest BCUT2D eigenvalue weighted by atomic mass is 32.1. The molecule has 0 aliphatic rings. The van der Waals surface area contributed by atoms with E-state index in [1.807, 2.05) is 85.0 Å². The fourth-order valence-electron chi connectivity index (χ4n) is 3.36. The van der Waals surface area contributed by atoms with E-state index >= 15 is 0 Å². The third-order valence-electron chi connectivity index (χ3n) is 5.13. The molecule has 7 heteroatoms. The number of hydrogen-bond acceptors (Lipinski definition) is 5. The van der Waals surface area contributed by atoms with Crippen LogP contribution in [0.5, 0.6) is 5.75 Å². The van der Waals surface area contributed by atoms with Crippen LogP contribution in [0.15, 0.2) is 78.3 Å². The molecule has 1 N–H and O–H groups in total. The maximum atomic E-state index is 13.1. The van der Waals surface area contributed by atoms with E-state index in [4.69, 9.17) is 9.84 Å². The number of ether oxygens (including phenoxy) is 1. The van der Waals surface area contributed by atoms with Crippen LogP contribution in [0.3, 0.4) is 0 Å². The molecule has 6 nitrogen and oxygen atoms in total. The predicted molar refractivity (Wildman–Crippen MR) is 133 cm³/mol. The molecule has 1 amide bonds. The first-order valence-corrected chi connectivity index (χ1v) is 11.8. The highest BCUT2D eigenvalue weighted by Gasteiger charge is 2.18. The van der Waals surface area contributed by atoms with Gasteiger partial charge in [0.1, 0.15) is 18.1 Å². The summed E-state index contributed by atoms with van der Waals surface area (Å²) in [7, 11) is 4.04. The Kier molecular flexibility index (Phi) is 7.55. The molecule has 2 heterocycles. The highest BCUT2D eigenvalue weighted by Crippen LogP contribution is 2.27. The van der Waals surface area contributed by atoms with E-state index in [9.17, 15) is 4.79 Å². The van der Waals surface area contributed by atoms with Crippen LogP contribution in [0.4, 0.5) is 0 Å². The van der Waals surface area contributed by atoms with Crippen molar-refractivity contribution in [2.45, 2.75) is 13.1 Å². The van der Waals surface area contributed by atoms with E-state index in [0.29, 0.717) is 31.0 Å². The lowest BCUT2D eigenvalue weighted by Gasteiger charge is -2.11. The van der Waals surface area contributed by atoms with Crippen LogP contribution in [-0.4, -0.2) is 47.8 Å². The van der Waals surface area contributed by atoms with Gasteiger partial charge in [-0.2, -0.15) is 5.10 Å². The molecule has 0 unspecified atom stereocenters. The minimum absolute atomic E-state index is 0.135. The average molecular weight is 461 g/mol. The molecule has 170 valence electrons. The van der Waals surface area contributed by atoms with Crippen LogP contribution >= 0.6 is 11.3 Å². The lowest BCUT2D eigenvalue weighted by molar-refractivity contribution is 0.0951. The first kappa shape index (κ1) is 22.8. The molecule has 0 aliphatic heterocycles. The fourth-order valence-corrected chi connectivity index (χ4v) is 4.08. The number of hydrogen-bond donors (Lipinski definition) is 1. The Bertz CT molecular complexity index is 1150. The second kappa shape index (κ2) is 10.9. The van der Waals surface area contributed by atoms with E-state index in [2.05, 4.69) is 22.3 Å². The molecule has 0 spiro atoms. The van der Waals surface area contributed by atoms with E-state index in [1.54, 1.807) is 11.3 Å². The third-order valence-corrected chi connectivity index (χ3v) is 6.01. The molecule has 0 saturated carbocycles. The second-order valence-corrected chi connectivity index (χ2v) is 8.98. The molecule has 0 radical (unpaired) electrons. The van der Waals surface area contributed by atoms with Crippen molar-refractivity contribution in [1.29, 1.82) is 0 Å². The van der Waals surface area contributed by atoms with Crippen LogP contribution in [0.25, 0.3) is 10.6 Å². The number of nitrogens with one attached hydrogen (secondary N) is 1. The maximum Gasteiger partial charge on any atom is 0.255 e. The molecule has 0 atom stereocenters. The van der Waals surface area contributed by atoms with Gasteiger partial charge in [0.15, 0.2) is 0 Å². The summed E-state index contributed by atoms with van der Waals surface area (Å²) in [4.78, 5) is 16.1. The zero-order valence-electron chi connectivity index (χ0n) is 18.9. The van der Waals surface area contributed by atoms with Crippen LogP contribution in [0.2, 0.25) is 0 Å². The Labute approximate surface area is 198 Å². The van der Waals surface area contributed by atoms with E-state index in [-0.39, 0.29) is 5.91 Å². The zero-order valence-corrected chi connectivity index (χ0v) is 19.7. The van der Waals surface area contributed by atoms with Crippen molar-refractivity contribution in [3.8, 4) is 16.3 Å². The molecule has 4 rings (SSSR count). The summed E-state index contributed by atoms with van der Waals surface area (Å²) in [6.45, 7) is 2.55. The lowest BCUT2D eigenvalue weighted by Crippen LogP contribution is -2.23. The van der Waals surface area contributed by atoms with Crippen molar-refractivity contribution < 1.29 is 9.53 Å². The normalized spacial score (nSPS) is 11.0. The van der Waals surface area contributed by atoms with Gasteiger partial charge in [0.2, 0.25) is 0 Å². The standard InChI is InChI=1S/C26H28N4O2S/c1-29(2)14-15-32-22-12-10-20(11-13-22)17-27-26(31)23-19-30(18-21-7-4-3-5-8-21)28-25(23)24-9-6-16-33-24/h3-13,16,19H,14-15,17-18H2,1-2H3,(H,27,31). The number of carbonyl (C=O) groups excluding carboxylic acids is 1. The van der Waals surface area contributed by atoms with Gasteiger partial charge in [-0.15, -0.1) is 11.3 Å². The summed E-state index contributed by atoms with van der Waals surface area (Å²) >= 11 is 1.58. The molecular weight excluding hydrogens is 432 g/mol. The Morgan fingerprint density at radius 2 is 1.82 bits per heavy atom. The second-order valence-electron chi connectivity index (χ2n) is 8.03. The summed E-state index contributed by atoms with van der Waals surface area (Å²) in [5, 5.41) is 9.76. The number of carbonyl (C=O) groups is 1. The van der Waals surface area contributed by atoms with Crippen molar-refractivity contribution in [2.24, 2.45) is 0 Å². The van der Waals surface area contributed by atoms with Gasteiger partial charge in [-0.05, 0) is 48.8 Å². The number of amides is 1. The third kappa shape index (κ3) is 6.31. The quantitative estimate of drug-likeness (QED) is 0.378.